The summed E-state index contributed by atoms with van der Waals surface area (Å²) in [5.41, 5.74) is 3.47. The van der Waals surface area contributed by atoms with E-state index >= 15 is 0 Å². The molecule has 1 unspecified atom stereocenters. The molecule has 0 aliphatic carbocycles. The fraction of sp³-hybridized carbons (Fsp3) is 0.409. The molecule has 3 aromatic rings. The first-order chi connectivity index (χ1) is 14.2. The van der Waals surface area contributed by atoms with Gasteiger partial charge in [-0.25, -0.2) is 4.68 Å². The van der Waals surface area contributed by atoms with Gasteiger partial charge in [-0.3, -0.25) is 9.48 Å². The number of hydrogen-bond donors (Lipinski definition) is 1. The van der Waals surface area contributed by atoms with Crippen molar-refractivity contribution in [1.29, 1.82) is 0 Å². The van der Waals surface area contributed by atoms with Crippen molar-refractivity contribution < 1.29 is 4.79 Å². The average molecular weight is 390 g/mol. The number of anilines is 1. The number of carbonyl (C=O) groups excluding carboxylic acids is 1. The highest BCUT2D eigenvalue weighted by Gasteiger charge is 2.32. The van der Waals surface area contributed by atoms with Gasteiger partial charge in [0.1, 0.15) is 5.82 Å². The van der Waals surface area contributed by atoms with Crippen molar-refractivity contribution in [3.05, 3.63) is 65.6 Å². The van der Waals surface area contributed by atoms with E-state index in [0.717, 1.165) is 49.4 Å². The van der Waals surface area contributed by atoms with E-state index in [-0.39, 0.29) is 11.8 Å². The summed E-state index contributed by atoms with van der Waals surface area (Å²) < 4.78 is 3.97. The number of nitrogens with zero attached hydrogens (tertiary/aromatic N) is 5. The maximum absolute atomic E-state index is 12.6. The molecule has 4 heterocycles. The van der Waals surface area contributed by atoms with Crippen LogP contribution in [-0.2, 0) is 11.3 Å². The maximum Gasteiger partial charge on any atom is 0.226 e. The SMILES string of the molecule is CN1CCC(n2ncc3c2NC(=O)CC3c2cccc(Cn3cccn3)c2)CC1. The quantitative estimate of drug-likeness (QED) is 0.744. The molecule has 1 aromatic carbocycles. The molecule has 0 spiro atoms. The van der Waals surface area contributed by atoms with E-state index in [1.165, 1.54) is 5.56 Å². The van der Waals surface area contributed by atoms with Gasteiger partial charge in [-0.1, -0.05) is 24.3 Å². The fourth-order valence-corrected chi connectivity index (χ4v) is 4.54. The molecule has 7 nitrogen and oxygen atoms in total. The molecule has 0 radical (unpaired) electrons. The summed E-state index contributed by atoms with van der Waals surface area (Å²) >= 11 is 0. The van der Waals surface area contributed by atoms with E-state index in [1.807, 2.05) is 23.1 Å². The highest BCUT2D eigenvalue weighted by atomic mass is 16.1. The average Bonchev–Trinajstić information content (AvgIpc) is 3.38. The lowest BCUT2D eigenvalue weighted by atomic mass is 9.86. The second-order valence-corrected chi connectivity index (χ2v) is 8.18. The maximum atomic E-state index is 12.6. The summed E-state index contributed by atoms with van der Waals surface area (Å²) in [6.45, 7) is 2.85. The van der Waals surface area contributed by atoms with Gasteiger partial charge in [0.05, 0.1) is 18.8 Å². The van der Waals surface area contributed by atoms with Crippen LogP contribution in [0.2, 0.25) is 0 Å². The molecule has 0 bridgehead atoms. The minimum absolute atomic E-state index is 0.0383. The lowest BCUT2D eigenvalue weighted by Crippen LogP contribution is -2.33. The van der Waals surface area contributed by atoms with Crippen molar-refractivity contribution in [3.8, 4) is 0 Å². The number of aromatic nitrogens is 4. The van der Waals surface area contributed by atoms with Gasteiger partial charge in [-0.05, 0) is 50.2 Å². The number of likely N-dealkylation sites (tertiary alicyclic amines) is 1. The van der Waals surface area contributed by atoms with Crippen LogP contribution >= 0.6 is 0 Å². The van der Waals surface area contributed by atoms with E-state index in [4.69, 9.17) is 5.10 Å². The molecule has 2 aliphatic heterocycles. The van der Waals surface area contributed by atoms with Crippen molar-refractivity contribution in [3.63, 3.8) is 0 Å². The Morgan fingerprint density at radius 3 is 2.83 bits per heavy atom. The lowest BCUT2D eigenvalue weighted by molar-refractivity contribution is -0.116. The Kier molecular flexibility index (Phi) is 4.67. The molecule has 0 saturated carbocycles. The number of amides is 1. The molecule has 2 aromatic heterocycles. The third-order valence-corrected chi connectivity index (χ3v) is 6.14. The minimum atomic E-state index is 0.0383. The number of hydrogen-bond acceptors (Lipinski definition) is 4. The van der Waals surface area contributed by atoms with Crippen LogP contribution < -0.4 is 5.32 Å². The monoisotopic (exact) mass is 390 g/mol. The fourth-order valence-electron chi connectivity index (χ4n) is 4.54. The van der Waals surface area contributed by atoms with Gasteiger partial charge in [0, 0.05) is 30.3 Å². The van der Waals surface area contributed by atoms with Crippen molar-refractivity contribution in [2.24, 2.45) is 0 Å². The third-order valence-electron chi connectivity index (χ3n) is 6.14. The van der Waals surface area contributed by atoms with Gasteiger partial charge in [0.25, 0.3) is 0 Å². The number of benzene rings is 1. The van der Waals surface area contributed by atoms with E-state index in [9.17, 15) is 4.79 Å². The molecular formula is C22H26N6O. The zero-order valence-electron chi connectivity index (χ0n) is 16.7. The second kappa shape index (κ2) is 7.48. The molecule has 150 valence electrons. The van der Waals surface area contributed by atoms with Crippen LogP contribution in [-0.4, -0.2) is 50.5 Å². The van der Waals surface area contributed by atoms with Gasteiger partial charge in [0.2, 0.25) is 5.91 Å². The molecule has 1 atom stereocenters. The summed E-state index contributed by atoms with van der Waals surface area (Å²) in [6, 6.07) is 10.8. The van der Waals surface area contributed by atoms with Crippen LogP contribution in [0.25, 0.3) is 0 Å². The zero-order chi connectivity index (χ0) is 19.8. The Hall–Kier alpha value is -2.93. The van der Waals surface area contributed by atoms with E-state index in [2.05, 4.69) is 51.3 Å². The normalized spacial score (nSPS) is 20.4. The first kappa shape index (κ1) is 18.1. The van der Waals surface area contributed by atoms with Crippen LogP contribution in [0.3, 0.4) is 0 Å². The van der Waals surface area contributed by atoms with E-state index < -0.39 is 0 Å². The summed E-state index contributed by atoms with van der Waals surface area (Å²) in [5.74, 6) is 0.990. The Labute approximate surface area is 170 Å². The van der Waals surface area contributed by atoms with Crippen LogP contribution in [0, 0.1) is 0 Å². The topological polar surface area (TPSA) is 68.0 Å². The Morgan fingerprint density at radius 1 is 1.17 bits per heavy atom. The number of piperidine rings is 1. The first-order valence-electron chi connectivity index (χ1n) is 10.3. The van der Waals surface area contributed by atoms with Crippen LogP contribution in [0.15, 0.2) is 48.9 Å². The summed E-state index contributed by atoms with van der Waals surface area (Å²) in [5, 5.41) is 12.1. The predicted molar refractivity (Wildman–Crippen MR) is 111 cm³/mol. The number of nitrogens with one attached hydrogen (secondary N) is 1. The number of carbonyl (C=O) groups is 1. The second-order valence-electron chi connectivity index (χ2n) is 8.18. The highest BCUT2D eigenvalue weighted by molar-refractivity contribution is 5.94. The van der Waals surface area contributed by atoms with E-state index in [1.54, 1.807) is 6.20 Å². The Morgan fingerprint density at radius 2 is 2.03 bits per heavy atom. The minimum Gasteiger partial charge on any atom is -0.311 e. The Bertz CT molecular complexity index is 1000. The molecule has 7 heteroatoms. The van der Waals surface area contributed by atoms with E-state index in [0.29, 0.717) is 12.5 Å². The molecule has 1 N–H and O–H groups in total. The lowest BCUT2D eigenvalue weighted by Gasteiger charge is -2.31. The molecule has 1 saturated heterocycles. The summed E-state index contributed by atoms with van der Waals surface area (Å²) in [6.07, 6.45) is 8.29. The standard InChI is InChI=1S/C22H26N6O/c1-26-10-6-18(7-11-26)28-22-20(14-24-28)19(13-21(29)25-22)17-5-2-4-16(12-17)15-27-9-3-8-23-27/h2-5,8-9,12,14,18-19H,6-7,10-11,13,15H2,1H3,(H,25,29). The molecule has 2 aliphatic rings. The third kappa shape index (κ3) is 3.58. The van der Waals surface area contributed by atoms with Gasteiger partial charge in [-0.2, -0.15) is 10.2 Å². The first-order valence-corrected chi connectivity index (χ1v) is 10.3. The van der Waals surface area contributed by atoms with Crippen LogP contribution in [0.4, 0.5) is 5.82 Å². The van der Waals surface area contributed by atoms with Gasteiger partial charge in [0.15, 0.2) is 0 Å². The zero-order valence-corrected chi connectivity index (χ0v) is 16.7. The molecular weight excluding hydrogens is 364 g/mol. The van der Waals surface area contributed by atoms with Crippen LogP contribution in [0.5, 0.6) is 0 Å². The molecule has 5 rings (SSSR count). The van der Waals surface area contributed by atoms with Crippen molar-refractivity contribution in [2.75, 3.05) is 25.5 Å². The number of rotatable bonds is 4. The van der Waals surface area contributed by atoms with Crippen molar-refractivity contribution in [1.82, 2.24) is 24.5 Å². The predicted octanol–water partition coefficient (Wildman–Crippen LogP) is 2.87. The Balaban J connectivity index is 1.45. The van der Waals surface area contributed by atoms with Crippen molar-refractivity contribution in [2.45, 2.75) is 37.8 Å². The molecule has 29 heavy (non-hydrogen) atoms. The van der Waals surface area contributed by atoms with Crippen molar-refractivity contribution >= 4 is 11.7 Å². The van der Waals surface area contributed by atoms with Crippen LogP contribution in [0.1, 0.15) is 47.9 Å². The van der Waals surface area contributed by atoms with Gasteiger partial charge >= 0.3 is 0 Å². The van der Waals surface area contributed by atoms with Gasteiger partial charge in [-0.15, -0.1) is 0 Å². The smallest absolute Gasteiger partial charge is 0.226 e. The number of fused-ring (bicyclic) bond motifs is 1. The largest absolute Gasteiger partial charge is 0.311 e. The summed E-state index contributed by atoms with van der Waals surface area (Å²) in [7, 11) is 2.16. The van der Waals surface area contributed by atoms with Gasteiger partial charge < -0.3 is 10.2 Å². The highest BCUT2D eigenvalue weighted by Crippen LogP contribution is 2.39. The summed E-state index contributed by atoms with van der Waals surface area (Å²) in [4.78, 5) is 14.9. The molecule has 1 fully saturated rings. The molecule has 1 amide bonds.